The number of halogens is 2. The number of ether oxygens (including phenoxy) is 4. The number of hydrogen-bond acceptors (Lipinski definition) is 12. The van der Waals surface area contributed by atoms with E-state index in [9.17, 15) is 39.1 Å². The summed E-state index contributed by atoms with van der Waals surface area (Å²) in [5, 5.41) is 51.8. The summed E-state index contributed by atoms with van der Waals surface area (Å²) in [6, 6.07) is 11.4. The van der Waals surface area contributed by atoms with Gasteiger partial charge in [0.2, 0.25) is 12.2 Å². The number of aliphatic carboxylic acids is 1. The second-order valence-corrected chi connectivity index (χ2v) is 11.5. The van der Waals surface area contributed by atoms with E-state index in [1.54, 1.807) is 44.3 Å². The summed E-state index contributed by atoms with van der Waals surface area (Å²) in [5.41, 5.74) is 1.45. The maximum Gasteiger partial charge on any atom is 1.00 e. The zero-order chi connectivity index (χ0) is 32.5. The molecule has 3 aromatic rings. The van der Waals surface area contributed by atoms with E-state index in [0.29, 0.717) is 23.2 Å². The van der Waals surface area contributed by atoms with E-state index in [1.807, 2.05) is 6.07 Å². The smallest absolute Gasteiger partial charge is 0.547 e. The van der Waals surface area contributed by atoms with Crippen LogP contribution in [0.25, 0.3) is 0 Å². The Kier molecular flexibility index (Phi) is 11.3. The van der Waals surface area contributed by atoms with Crippen LogP contribution in [0.4, 0.5) is 8.78 Å². The van der Waals surface area contributed by atoms with Crippen molar-refractivity contribution in [3.8, 4) is 17.4 Å². The van der Waals surface area contributed by atoms with Gasteiger partial charge in [-0.2, -0.15) is 8.78 Å². The SMILES string of the molecule is CC(C)(O)c1ccc([C@@H](Cc2ccc(O[C@@H]3O[C@H](C(=O)[O-])[C@@H](O)[C@H](O)[C@H]3O)nc2)c2ccc(OC(F)F)c(OC3CC3)c2)cn1.[Li+]. The van der Waals surface area contributed by atoms with E-state index >= 15 is 0 Å². The molecule has 6 atom stereocenters. The fourth-order valence-electron chi connectivity index (χ4n) is 4.89. The van der Waals surface area contributed by atoms with Gasteiger partial charge in [-0.3, -0.25) is 4.98 Å². The molecule has 3 heterocycles. The number of carbonyl (C=O) groups is 1. The largest absolute Gasteiger partial charge is 1.00 e. The zero-order valence-corrected chi connectivity index (χ0v) is 25.3. The van der Waals surface area contributed by atoms with Crippen LogP contribution in [0.1, 0.15) is 55.0 Å². The first-order valence-corrected chi connectivity index (χ1v) is 14.3. The van der Waals surface area contributed by atoms with Crippen molar-refractivity contribution >= 4 is 5.97 Å². The van der Waals surface area contributed by atoms with Gasteiger partial charge >= 0.3 is 25.5 Å². The Morgan fingerprint density at radius 2 is 1.70 bits per heavy atom. The molecule has 12 nitrogen and oxygen atoms in total. The van der Waals surface area contributed by atoms with Gasteiger partial charge in [-0.15, -0.1) is 0 Å². The molecular weight excluding hydrogens is 605 g/mol. The summed E-state index contributed by atoms with van der Waals surface area (Å²) < 4.78 is 47.3. The van der Waals surface area contributed by atoms with Crippen LogP contribution in [0.15, 0.2) is 54.9 Å². The molecule has 1 saturated heterocycles. The molecule has 2 fully saturated rings. The fraction of sp³-hybridized carbons (Fsp3) is 0.452. The van der Waals surface area contributed by atoms with E-state index in [4.69, 9.17) is 14.2 Å². The minimum Gasteiger partial charge on any atom is -0.547 e. The average molecular weight is 639 g/mol. The van der Waals surface area contributed by atoms with Gasteiger partial charge in [-0.25, -0.2) is 4.98 Å². The van der Waals surface area contributed by atoms with Gasteiger partial charge in [-0.05, 0) is 68.0 Å². The maximum atomic E-state index is 13.1. The molecule has 1 aliphatic carbocycles. The number of carboxylic acids is 1. The van der Waals surface area contributed by atoms with Crippen LogP contribution in [-0.2, 0) is 21.6 Å². The Labute approximate surface area is 275 Å². The van der Waals surface area contributed by atoms with Crippen LogP contribution >= 0.6 is 0 Å². The predicted octanol–water partition coefficient (Wildman–Crippen LogP) is -1.84. The monoisotopic (exact) mass is 638 g/mol. The Balaban J connectivity index is 0.00000480. The number of aromatic nitrogens is 2. The number of alkyl halides is 2. The Morgan fingerprint density at radius 1 is 0.978 bits per heavy atom. The van der Waals surface area contributed by atoms with Gasteiger partial charge in [0.15, 0.2) is 11.5 Å². The molecular formula is C31H33F2LiN2O10. The Hall–Kier alpha value is -3.35. The van der Waals surface area contributed by atoms with Crippen LogP contribution < -0.4 is 38.2 Å². The molecule has 46 heavy (non-hydrogen) atoms. The molecule has 0 radical (unpaired) electrons. The van der Waals surface area contributed by atoms with Crippen molar-refractivity contribution in [2.75, 3.05) is 0 Å². The van der Waals surface area contributed by atoms with Crippen molar-refractivity contribution in [1.82, 2.24) is 9.97 Å². The number of rotatable bonds is 12. The van der Waals surface area contributed by atoms with Crippen LogP contribution in [-0.4, -0.2) is 79.8 Å². The van der Waals surface area contributed by atoms with Crippen LogP contribution in [0, 0.1) is 0 Å². The van der Waals surface area contributed by atoms with Gasteiger partial charge in [-0.1, -0.05) is 18.2 Å². The van der Waals surface area contributed by atoms with Crippen molar-refractivity contribution in [2.24, 2.45) is 0 Å². The Bertz CT molecular complexity index is 1470. The number of benzene rings is 1. The van der Waals surface area contributed by atoms with E-state index in [2.05, 4.69) is 14.7 Å². The third-order valence-electron chi connectivity index (χ3n) is 7.50. The predicted molar refractivity (Wildman–Crippen MR) is 148 cm³/mol. The van der Waals surface area contributed by atoms with Crippen LogP contribution in [0.3, 0.4) is 0 Å². The standard InChI is InChI=1S/C31H34F2N2O10.Li/c1-31(2,41)22-9-5-17(14-34-22)19(16-4-8-20(43-30(32)33)21(12-16)42-18-6-7-18)11-15-3-10-23(35-13-15)44-29-26(38)24(36)25(37)27(45-29)28(39)40;/h3-5,8-10,12-14,18-19,24-27,29-30,36-38,41H,6-7,11H2,1-2H3,(H,39,40);/q;+1/p-1/t19-,24-,25-,26+,27-,29+;/m0./s1. The summed E-state index contributed by atoms with van der Waals surface area (Å²) in [6.45, 7) is 0.201. The molecule has 0 unspecified atom stereocenters. The van der Waals surface area contributed by atoms with Gasteiger partial charge in [0.1, 0.15) is 30.0 Å². The molecule has 15 heteroatoms. The quantitative estimate of drug-likeness (QED) is 0.163. The summed E-state index contributed by atoms with van der Waals surface area (Å²) >= 11 is 0. The summed E-state index contributed by atoms with van der Waals surface area (Å²) in [7, 11) is 0. The second-order valence-electron chi connectivity index (χ2n) is 11.5. The molecule has 2 aromatic heterocycles. The van der Waals surface area contributed by atoms with E-state index < -0.39 is 48.9 Å². The molecule has 0 amide bonds. The van der Waals surface area contributed by atoms with E-state index in [1.165, 1.54) is 18.3 Å². The maximum absolute atomic E-state index is 13.1. The number of nitrogens with zero attached hydrogens (tertiary/aromatic N) is 2. The van der Waals surface area contributed by atoms with Crippen LogP contribution in [0.5, 0.6) is 17.4 Å². The molecule has 1 saturated carbocycles. The number of hydrogen-bond donors (Lipinski definition) is 4. The number of aliphatic hydroxyl groups is 4. The topological polar surface area (TPSA) is 184 Å². The minimum absolute atomic E-state index is 0. The zero-order valence-electron chi connectivity index (χ0n) is 25.3. The third kappa shape index (κ3) is 8.51. The Morgan fingerprint density at radius 3 is 2.26 bits per heavy atom. The van der Waals surface area contributed by atoms with Crippen molar-refractivity contribution in [2.45, 2.75) is 88.1 Å². The summed E-state index contributed by atoms with van der Waals surface area (Å²) in [4.78, 5) is 19.9. The van der Waals surface area contributed by atoms with E-state index in [0.717, 1.165) is 18.4 Å². The normalized spacial score (nSPS) is 23.7. The number of pyridine rings is 2. The summed E-state index contributed by atoms with van der Waals surface area (Å²) in [6.07, 6.45) is -4.17. The van der Waals surface area contributed by atoms with E-state index in [-0.39, 0.29) is 48.3 Å². The average Bonchev–Trinajstić information content (AvgIpc) is 3.81. The molecule has 0 spiro atoms. The van der Waals surface area contributed by atoms with Crippen LogP contribution in [0.2, 0.25) is 0 Å². The molecule has 4 N–H and O–H groups in total. The summed E-state index contributed by atoms with van der Waals surface area (Å²) in [5.74, 6) is -2.13. The molecule has 1 aliphatic heterocycles. The molecule has 0 bridgehead atoms. The van der Waals surface area contributed by atoms with Crippen molar-refractivity contribution in [1.29, 1.82) is 0 Å². The van der Waals surface area contributed by atoms with Gasteiger partial charge in [0.25, 0.3) is 0 Å². The number of carbonyl (C=O) groups excluding carboxylic acids is 1. The van der Waals surface area contributed by atoms with Crippen molar-refractivity contribution in [3.63, 3.8) is 0 Å². The van der Waals surface area contributed by atoms with Crippen molar-refractivity contribution in [3.05, 3.63) is 77.2 Å². The van der Waals surface area contributed by atoms with Crippen molar-refractivity contribution < 1.29 is 76.9 Å². The first-order valence-electron chi connectivity index (χ1n) is 14.3. The minimum atomic E-state index is -3.03. The molecule has 5 rings (SSSR count). The molecule has 2 aliphatic rings. The molecule has 1 aromatic carbocycles. The van der Waals surface area contributed by atoms with Gasteiger partial charge in [0.05, 0.1) is 17.8 Å². The number of aliphatic hydroxyl groups excluding tert-OH is 3. The first-order chi connectivity index (χ1) is 21.3. The van der Waals surface area contributed by atoms with Gasteiger partial charge < -0.3 is 49.3 Å². The number of carboxylic acid groups (broad SMARTS) is 1. The van der Waals surface area contributed by atoms with Gasteiger partial charge in [0, 0.05) is 24.4 Å². The third-order valence-corrected chi connectivity index (χ3v) is 7.50. The first kappa shape index (κ1) is 35.5. The molecule has 242 valence electrons. The fourth-order valence-corrected chi connectivity index (χ4v) is 4.89. The second kappa shape index (κ2) is 14.6.